The van der Waals surface area contributed by atoms with Crippen molar-refractivity contribution in [2.45, 2.75) is 63.1 Å². The lowest BCUT2D eigenvalue weighted by molar-refractivity contribution is -0.117. The Morgan fingerprint density at radius 1 is 1.27 bits per heavy atom. The van der Waals surface area contributed by atoms with Gasteiger partial charge < -0.3 is 16.2 Å². The summed E-state index contributed by atoms with van der Waals surface area (Å²) in [6.45, 7) is 0.844. The number of aromatic nitrogens is 3. The van der Waals surface area contributed by atoms with E-state index in [1.54, 1.807) is 16.8 Å². The summed E-state index contributed by atoms with van der Waals surface area (Å²) < 4.78 is 26.5. The van der Waals surface area contributed by atoms with Gasteiger partial charge in [-0.3, -0.25) is 14.2 Å². The molecule has 4 rings (SSSR count). The molecule has 2 aromatic rings. The van der Waals surface area contributed by atoms with E-state index < -0.39 is 22.0 Å². The monoisotopic (exact) mass is 478 g/mol. The van der Waals surface area contributed by atoms with Gasteiger partial charge in [-0.2, -0.15) is 4.98 Å². The van der Waals surface area contributed by atoms with Crippen molar-refractivity contribution in [3.8, 4) is 0 Å². The second-order valence-corrected chi connectivity index (χ2v) is 11.0. The summed E-state index contributed by atoms with van der Waals surface area (Å²) in [7, 11) is -3.21. The van der Waals surface area contributed by atoms with Crippen LogP contribution in [0, 0.1) is 0 Å². The Balaban J connectivity index is 1.66. The largest absolute Gasteiger partial charge is 0.393 e. The zero-order chi connectivity index (χ0) is 23.8. The quantitative estimate of drug-likeness (QED) is 0.528. The van der Waals surface area contributed by atoms with Crippen LogP contribution in [-0.2, 0) is 21.2 Å². The van der Waals surface area contributed by atoms with Gasteiger partial charge in [-0.15, -0.1) is 0 Å². The van der Waals surface area contributed by atoms with Gasteiger partial charge in [0.2, 0.25) is 21.9 Å². The number of pyridine rings is 1. The van der Waals surface area contributed by atoms with Crippen molar-refractivity contribution in [1.29, 1.82) is 0 Å². The van der Waals surface area contributed by atoms with E-state index in [0.717, 1.165) is 12.8 Å². The minimum absolute atomic E-state index is 0.00580. The number of sulfonamides is 1. The molecular formula is C21H30N6O5S. The van der Waals surface area contributed by atoms with Crippen molar-refractivity contribution in [1.82, 2.24) is 18.8 Å². The molecule has 11 nitrogen and oxygen atoms in total. The molecular weight excluding hydrogens is 448 g/mol. The number of nitrogens with two attached hydrogens (primary N) is 1. The molecule has 2 aromatic heterocycles. The first-order valence-corrected chi connectivity index (χ1v) is 13.1. The summed E-state index contributed by atoms with van der Waals surface area (Å²) in [4.78, 5) is 33.8. The molecule has 0 bridgehead atoms. The van der Waals surface area contributed by atoms with E-state index >= 15 is 0 Å². The molecule has 1 aliphatic carbocycles. The van der Waals surface area contributed by atoms with E-state index in [2.05, 4.69) is 15.3 Å². The topological polar surface area (TPSA) is 161 Å². The Morgan fingerprint density at radius 3 is 2.64 bits per heavy atom. The van der Waals surface area contributed by atoms with Crippen molar-refractivity contribution >= 4 is 32.9 Å². The lowest BCUT2D eigenvalue weighted by Gasteiger charge is -2.31. The molecule has 4 N–H and O–H groups in total. The molecule has 0 spiro atoms. The summed E-state index contributed by atoms with van der Waals surface area (Å²) in [6, 6.07) is 1.37. The first-order valence-electron chi connectivity index (χ1n) is 11.2. The van der Waals surface area contributed by atoms with Crippen molar-refractivity contribution in [3.05, 3.63) is 28.2 Å². The number of nitrogens with zero attached hydrogens (tertiary/aromatic N) is 4. The lowest BCUT2D eigenvalue weighted by Crippen LogP contribution is -2.42. The molecule has 0 unspecified atom stereocenters. The van der Waals surface area contributed by atoms with Gasteiger partial charge in [0, 0.05) is 42.3 Å². The standard InChI is InChI=1S/C21H30N6O5S/c1-33(31,32)26-7-5-15(6-8-26)24-21-23-12-14-9-13(10-18(22)29)20(30)27(19(14)25-21)16-3-2-4-17(28)11-16/h9,12,15-17,28H,2-8,10-11H2,1H3,(H2,22,29)(H,23,24,25)/t16-,17-/m0/s1. The fourth-order valence-electron chi connectivity index (χ4n) is 4.79. The maximum atomic E-state index is 13.3. The van der Waals surface area contributed by atoms with Gasteiger partial charge in [-0.1, -0.05) is 0 Å². The van der Waals surface area contributed by atoms with Crippen LogP contribution in [0.4, 0.5) is 5.95 Å². The summed E-state index contributed by atoms with van der Waals surface area (Å²) >= 11 is 0. The minimum Gasteiger partial charge on any atom is -0.393 e. The number of aliphatic hydroxyl groups excluding tert-OH is 1. The maximum absolute atomic E-state index is 13.3. The molecule has 33 heavy (non-hydrogen) atoms. The second kappa shape index (κ2) is 9.35. The number of hydrogen-bond acceptors (Lipinski definition) is 8. The van der Waals surface area contributed by atoms with Gasteiger partial charge in [0.1, 0.15) is 5.65 Å². The molecule has 2 aliphatic rings. The lowest BCUT2D eigenvalue weighted by atomic mass is 9.92. The van der Waals surface area contributed by atoms with Gasteiger partial charge in [-0.25, -0.2) is 17.7 Å². The third kappa shape index (κ3) is 5.33. The first kappa shape index (κ1) is 23.6. The molecule has 3 heterocycles. The van der Waals surface area contributed by atoms with E-state index in [-0.39, 0.29) is 29.6 Å². The highest BCUT2D eigenvalue weighted by molar-refractivity contribution is 7.88. The van der Waals surface area contributed by atoms with Gasteiger partial charge in [0.25, 0.3) is 5.56 Å². The number of rotatable bonds is 6. The van der Waals surface area contributed by atoms with Crippen molar-refractivity contribution in [3.63, 3.8) is 0 Å². The minimum atomic E-state index is -3.21. The number of amides is 1. The summed E-state index contributed by atoms with van der Waals surface area (Å²) in [6.07, 6.45) is 6.02. The van der Waals surface area contributed by atoms with E-state index in [1.807, 2.05) is 0 Å². The van der Waals surface area contributed by atoms with Crippen LogP contribution < -0.4 is 16.6 Å². The number of anilines is 1. The van der Waals surface area contributed by atoms with Crippen LogP contribution in [0.15, 0.2) is 17.1 Å². The van der Waals surface area contributed by atoms with E-state index in [4.69, 9.17) is 5.73 Å². The van der Waals surface area contributed by atoms with Crippen molar-refractivity contribution in [2.24, 2.45) is 5.73 Å². The molecule has 2 fully saturated rings. The molecule has 12 heteroatoms. The van der Waals surface area contributed by atoms with Crippen LogP contribution in [0.25, 0.3) is 11.0 Å². The van der Waals surface area contributed by atoms with Crippen LogP contribution in [-0.4, -0.2) is 69.8 Å². The molecule has 1 saturated heterocycles. The van der Waals surface area contributed by atoms with Gasteiger partial charge in [-0.05, 0) is 44.6 Å². The van der Waals surface area contributed by atoms with Crippen molar-refractivity contribution in [2.75, 3.05) is 24.7 Å². The second-order valence-electron chi connectivity index (χ2n) is 9.02. The number of carbonyl (C=O) groups is 1. The Hall–Kier alpha value is -2.57. The van der Waals surface area contributed by atoms with E-state index in [1.165, 1.54) is 10.6 Å². The Labute approximate surface area is 192 Å². The molecule has 0 aromatic carbocycles. The smallest absolute Gasteiger partial charge is 0.256 e. The normalized spacial score (nSPS) is 23.0. The number of primary amides is 1. The third-order valence-corrected chi connectivity index (χ3v) is 7.76. The number of aliphatic hydroxyl groups is 1. The number of piperidine rings is 1. The molecule has 1 aliphatic heterocycles. The highest BCUT2D eigenvalue weighted by Gasteiger charge is 2.27. The predicted molar refractivity (Wildman–Crippen MR) is 123 cm³/mol. The van der Waals surface area contributed by atoms with Crippen molar-refractivity contribution < 1.29 is 18.3 Å². The summed E-state index contributed by atoms with van der Waals surface area (Å²) in [5.41, 5.74) is 5.74. The van der Waals surface area contributed by atoms with E-state index in [9.17, 15) is 23.1 Å². The average molecular weight is 479 g/mol. The highest BCUT2D eigenvalue weighted by atomic mass is 32.2. The first-order chi connectivity index (χ1) is 15.6. The average Bonchev–Trinajstić information content (AvgIpc) is 2.74. The summed E-state index contributed by atoms with van der Waals surface area (Å²) in [5.74, 6) is -0.242. The fraction of sp³-hybridized carbons (Fsp3) is 0.619. The third-order valence-electron chi connectivity index (χ3n) is 6.45. The van der Waals surface area contributed by atoms with Crippen LogP contribution in [0.5, 0.6) is 0 Å². The van der Waals surface area contributed by atoms with Crippen LogP contribution >= 0.6 is 0 Å². The summed E-state index contributed by atoms with van der Waals surface area (Å²) in [5, 5.41) is 14.1. The SMILES string of the molecule is CS(=O)(=O)N1CCC(Nc2ncc3cc(CC(N)=O)c(=O)n([C@H]4CCC[C@H](O)C4)c3n2)CC1. The molecule has 1 saturated carbocycles. The molecule has 180 valence electrons. The number of hydrogen-bond donors (Lipinski definition) is 3. The van der Waals surface area contributed by atoms with Crippen LogP contribution in [0.1, 0.15) is 50.1 Å². The molecule has 2 atom stereocenters. The van der Waals surface area contributed by atoms with Gasteiger partial charge in [0.05, 0.1) is 18.8 Å². The fourth-order valence-corrected chi connectivity index (χ4v) is 5.66. The van der Waals surface area contributed by atoms with Gasteiger partial charge >= 0.3 is 0 Å². The van der Waals surface area contributed by atoms with Gasteiger partial charge in [0.15, 0.2) is 0 Å². The maximum Gasteiger partial charge on any atom is 0.256 e. The number of nitrogens with one attached hydrogen (secondary N) is 1. The Bertz CT molecular complexity index is 1210. The molecule has 1 amide bonds. The zero-order valence-corrected chi connectivity index (χ0v) is 19.4. The number of carbonyl (C=O) groups excluding carboxylic acids is 1. The number of fused-ring (bicyclic) bond motifs is 1. The zero-order valence-electron chi connectivity index (χ0n) is 18.6. The Kier molecular flexibility index (Phi) is 6.68. The van der Waals surface area contributed by atoms with Crippen LogP contribution in [0.2, 0.25) is 0 Å². The Morgan fingerprint density at radius 2 is 2.00 bits per heavy atom. The molecule has 0 radical (unpaired) electrons. The highest BCUT2D eigenvalue weighted by Crippen LogP contribution is 2.30. The van der Waals surface area contributed by atoms with Crippen LogP contribution in [0.3, 0.4) is 0 Å². The predicted octanol–water partition coefficient (Wildman–Crippen LogP) is 0.131. The van der Waals surface area contributed by atoms with E-state index in [0.29, 0.717) is 55.8 Å².